The summed E-state index contributed by atoms with van der Waals surface area (Å²) in [5.41, 5.74) is 6.92. The number of hydrogen-bond acceptors (Lipinski definition) is 10. The van der Waals surface area contributed by atoms with E-state index in [1.165, 1.54) is 19.2 Å². The molecule has 4 N–H and O–H groups in total. The third kappa shape index (κ3) is 7.71. The SMILES string of the molecule is CCN=C1CC/C(=C(\c2cc(C)c(NCC)cc2O)c2ccc(OCCCC(=O)On3c(O)ccc3O)cc2C(=O)OC)C=C1C. The first-order valence-corrected chi connectivity index (χ1v) is 15.3. The molecule has 1 aromatic heterocycles. The van der Waals surface area contributed by atoms with Crippen molar-refractivity contribution in [3.05, 3.63) is 81.9 Å². The molecule has 46 heavy (non-hydrogen) atoms. The first-order chi connectivity index (χ1) is 22.1. The molecule has 0 fully saturated rings. The fourth-order valence-electron chi connectivity index (χ4n) is 5.39. The highest BCUT2D eigenvalue weighted by Gasteiger charge is 2.25. The summed E-state index contributed by atoms with van der Waals surface area (Å²) in [7, 11) is 1.31. The van der Waals surface area contributed by atoms with Gasteiger partial charge in [-0.2, -0.15) is 0 Å². The summed E-state index contributed by atoms with van der Waals surface area (Å²) >= 11 is 0. The molecule has 0 radical (unpaired) electrons. The van der Waals surface area contributed by atoms with Gasteiger partial charge in [-0.3, -0.25) is 4.99 Å². The zero-order valence-corrected chi connectivity index (χ0v) is 26.8. The summed E-state index contributed by atoms with van der Waals surface area (Å²) in [5.74, 6) is -1.59. The molecule has 0 bridgehead atoms. The van der Waals surface area contributed by atoms with E-state index in [9.17, 15) is 24.9 Å². The number of hydrogen-bond donors (Lipinski definition) is 4. The number of nitrogens with zero attached hydrogens (tertiary/aromatic N) is 2. The Labute approximate surface area is 268 Å². The Morgan fingerprint density at radius 1 is 0.957 bits per heavy atom. The van der Waals surface area contributed by atoms with E-state index in [-0.39, 0.29) is 30.8 Å². The summed E-state index contributed by atoms with van der Waals surface area (Å²) in [6.07, 6.45) is 3.67. The summed E-state index contributed by atoms with van der Waals surface area (Å²) < 4.78 is 11.7. The normalized spacial score (nSPS) is 14.9. The van der Waals surface area contributed by atoms with Crippen LogP contribution in [0.25, 0.3) is 5.57 Å². The molecule has 0 amide bonds. The maximum Gasteiger partial charge on any atom is 0.338 e. The van der Waals surface area contributed by atoms with Gasteiger partial charge in [-0.25, -0.2) is 9.59 Å². The number of anilines is 1. The van der Waals surface area contributed by atoms with Crippen molar-refractivity contribution in [3.8, 4) is 23.3 Å². The molecule has 0 unspecified atom stereocenters. The molecule has 0 aliphatic heterocycles. The second-order valence-electron chi connectivity index (χ2n) is 10.8. The van der Waals surface area contributed by atoms with Crippen molar-refractivity contribution in [2.24, 2.45) is 4.99 Å². The fraction of sp³-hybridized carbons (Fsp3) is 0.343. The van der Waals surface area contributed by atoms with Crippen molar-refractivity contribution in [2.45, 2.75) is 53.4 Å². The van der Waals surface area contributed by atoms with Crippen molar-refractivity contribution in [3.63, 3.8) is 0 Å². The molecule has 11 nitrogen and oxygen atoms in total. The van der Waals surface area contributed by atoms with Gasteiger partial charge in [0.2, 0.25) is 11.8 Å². The molecule has 0 saturated carbocycles. The number of aliphatic imine (C=N–C) groups is 1. The van der Waals surface area contributed by atoms with Crippen LogP contribution in [0, 0.1) is 6.92 Å². The Morgan fingerprint density at radius 3 is 2.35 bits per heavy atom. The number of carbonyl (C=O) groups is 2. The van der Waals surface area contributed by atoms with Gasteiger partial charge in [0.15, 0.2) is 0 Å². The molecule has 11 heteroatoms. The molecule has 1 aliphatic rings. The predicted octanol–water partition coefficient (Wildman–Crippen LogP) is 5.95. The highest BCUT2D eigenvalue weighted by Crippen LogP contribution is 2.41. The number of allylic oxidation sites excluding steroid dienone is 3. The smallest absolute Gasteiger partial charge is 0.338 e. The summed E-state index contributed by atoms with van der Waals surface area (Å²) in [6.45, 7) is 9.49. The molecular weight excluding hydrogens is 590 g/mol. The molecule has 0 spiro atoms. The van der Waals surface area contributed by atoms with Crippen molar-refractivity contribution < 1.29 is 39.2 Å². The van der Waals surface area contributed by atoms with E-state index in [1.807, 2.05) is 33.8 Å². The number of nitrogens with one attached hydrogen (secondary N) is 1. The van der Waals surface area contributed by atoms with Crippen molar-refractivity contribution in [2.75, 3.05) is 32.1 Å². The van der Waals surface area contributed by atoms with E-state index < -0.39 is 23.7 Å². The van der Waals surface area contributed by atoms with Crippen molar-refractivity contribution in [1.29, 1.82) is 0 Å². The van der Waals surface area contributed by atoms with Gasteiger partial charge in [-0.05, 0) is 99.1 Å². The highest BCUT2D eigenvalue weighted by atomic mass is 16.7. The van der Waals surface area contributed by atoms with Gasteiger partial charge in [0.25, 0.3) is 0 Å². The van der Waals surface area contributed by atoms with Crippen molar-refractivity contribution in [1.82, 2.24) is 4.73 Å². The quantitative estimate of drug-likeness (QED) is 0.140. The lowest BCUT2D eigenvalue weighted by molar-refractivity contribution is -0.145. The van der Waals surface area contributed by atoms with Gasteiger partial charge in [0.1, 0.15) is 11.5 Å². The van der Waals surface area contributed by atoms with Crippen LogP contribution in [0.2, 0.25) is 0 Å². The number of aryl methyl sites for hydroxylation is 1. The van der Waals surface area contributed by atoms with Crippen LogP contribution in [0.3, 0.4) is 0 Å². The Hall–Kier alpha value is -5.19. The van der Waals surface area contributed by atoms with Gasteiger partial charge >= 0.3 is 11.9 Å². The van der Waals surface area contributed by atoms with E-state index in [4.69, 9.17) is 14.3 Å². The Morgan fingerprint density at radius 2 is 1.70 bits per heavy atom. The zero-order valence-electron chi connectivity index (χ0n) is 26.8. The average molecular weight is 632 g/mol. The first-order valence-electron chi connectivity index (χ1n) is 15.3. The maximum absolute atomic E-state index is 13.2. The number of esters is 1. The van der Waals surface area contributed by atoms with E-state index in [1.54, 1.807) is 24.3 Å². The highest BCUT2D eigenvalue weighted by molar-refractivity contribution is 6.04. The van der Waals surface area contributed by atoms with Gasteiger partial charge in [0.05, 0.1) is 25.7 Å². The number of ether oxygens (including phenoxy) is 2. The average Bonchev–Trinajstić information content (AvgIpc) is 3.35. The summed E-state index contributed by atoms with van der Waals surface area (Å²) in [6, 6.07) is 11.1. The number of aromatic hydroxyl groups is 3. The monoisotopic (exact) mass is 631 g/mol. The van der Waals surface area contributed by atoms with Crippen LogP contribution in [0.15, 0.2) is 64.7 Å². The van der Waals surface area contributed by atoms with Crippen LogP contribution in [0.4, 0.5) is 5.69 Å². The molecule has 244 valence electrons. The van der Waals surface area contributed by atoms with Gasteiger partial charge in [-0.1, -0.05) is 6.08 Å². The topological polar surface area (TPSA) is 152 Å². The second kappa shape index (κ2) is 15.2. The lowest BCUT2D eigenvalue weighted by Crippen LogP contribution is -2.19. The Kier molecular flexibility index (Phi) is 11.1. The van der Waals surface area contributed by atoms with Crippen LogP contribution < -0.4 is 14.9 Å². The largest absolute Gasteiger partial charge is 0.507 e. The summed E-state index contributed by atoms with van der Waals surface area (Å²) in [5, 5.41) is 33.9. The number of carbonyl (C=O) groups excluding carboxylic acids is 2. The number of rotatable bonds is 12. The first kappa shape index (κ1) is 33.7. The number of methoxy groups -OCH3 is 1. The minimum Gasteiger partial charge on any atom is -0.507 e. The van der Waals surface area contributed by atoms with E-state index in [0.717, 1.165) is 34.5 Å². The lowest BCUT2D eigenvalue weighted by Gasteiger charge is -2.23. The molecule has 0 saturated heterocycles. The summed E-state index contributed by atoms with van der Waals surface area (Å²) in [4.78, 5) is 35.0. The molecule has 1 heterocycles. The number of phenols is 1. The van der Waals surface area contributed by atoms with Crippen LogP contribution in [-0.2, 0) is 9.53 Å². The third-order valence-corrected chi connectivity index (χ3v) is 7.58. The Balaban J connectivity index is 1.68. The van der Waals surface area contributed by atoms with Crippen molar-refractivity contribution >= 4 is 28.9 Å². The number of phenolic OH excluding ortho intramolecular Hbond substituents is 1. The third-order valence-electron chi connectivity index (χ3n) is 7.58. The van der Waals surface area contributed by atoms with E-state index >= 15 is 0 Å². The lowest BCUT2D eigenvalue weighted by atomic mass is 9.83. The molecule has 3 aromatic rings. The molecular formula is C35H41N3O8. The number of benzene rings is 2. The molecule has 4 rings (SSSR count). The Bertz CT molecular complexity index is 1680. The molecule has 1 aliphatic carbocycles. The minimum absolute atomic E-state index is 0.0498. The van der Waals surface area contributed by atoms with E-state index in [2.05, 4.69) is 16.4 Å². The van der Waals surface area contributed by atoms with Gasteiger partial charge < -0.3 is 34.9 Å². The van der Waals surface area contributed by atoms with Gasteiger partial charge in [0, 0.05) is 48.3 Å². The van der Waals surface area contributed by atoms with E-state index in [0.29, 0.717) is 46.7 Å². The van der Waals surface area contributed by atoms with Gasteiger partial charge in [-0.15, -0.1) is 4.73 Å². The molecule has 0 atom stereocenters. The standard InChI is InChI=1S/C35H41N3O8/c1-6-36-28-13-10-23(17-21(28)3)34(27-18-22(4)29(37-7-2)20-30(27)39)25-12-11-24(19-26(25)35(43)44-5)45-16-8-9-33(42)46-38-31(40)14-15-32(38)41/h11-12,14-15,17-20,37,39-41H,6-10,13,16H2,1-5H3/b34-23+,36-28?. The van der Waals surface area contributed by atoms with Crippen LogP contribution in [0.5, 0.6) is 23.3 Å². The second-order valence-corrected chi connectivity index (χ2v) is 10.8. The van der Waals surface area contributed by atoms with Crippen LogP contribution in [0.1, 0.15) is 73.5 Å². The zero-order chi connectivity index (χ0) is 33.4. The predicted molar refractivity (Wildman–Crippen MR) is 176 cm³/mol. The fourth-order valence-corrected chi connectivity index (χ4v) is 5.39. The molecule has 2 aromatic carbocycles. The maximum atomic E-state index is 13.2. The van der Waals surface area contributed by atoms with Crippen LogP contribution >= 0.6 is 0 Å². The minimum atomic E-state index is -0.675. The van der Waals surface area contributed by atoms with Crippen LogP contribution in [-0.4, -0.2) is 64.5 Å². The number of aromatic nitrogens is 1.